The molecule has 1 aromatic rings. The number of nitrogens with zero attached hydrogens (tertiary/aromatic N) is 3. The van der Waals surface area contributed by atoms with Gasteiger partial charge in [0.25, 0.3) is 0 Å². The monoisotopic (exact) mass is 411 g/mol. The van der Waals surface area contributed by atoms with Crippen LogP contribution in [0.4, 0.5) is 11.4 Å². The van der Waals surface area contributed by atoms with Crippen molar-refractivity contribution >= 4 is 11.4 Å². The average molecular weight is 412 g/mol. The highest BCUT2D eigenvalue weighted by Crippen LogP contribution is 2.59. The van der Waals surface area contributed by atoms with Crippen molar-refractivity contribution in [3.05, 3.63) is 23.8 Å². The fraction of sp³-hybridized carbons (Fsp3) is 0.769. The Morgan fingerprint density at radius 3 is 2.23 bits per heavy atom. The minimum absolute atomic E-state index is 0.751. The highest BCUT2D eigenvalue weighted by molar-refractivity contribution is 5.63. The molecule has 1 aromatic carbocycles. The van der Waals surface area contributed by atoms with Crippen LogP contribution < -0.4 is 9.80 Å². The third-order valence-corrected chi connectivity index (χ3v) is 8.17. The van der Waals surface area contributed by atoms with Crippen LogP contribution in [0.1, 0.15) is 63.9 Å². The summed E-state index contributed by atoms with van der Waals surface area (Å²) in [6.07, 6.45) is 8.71. The number of morpholine rings is 1. The first-order valence-corrected chi connectivity index (χ1v) is 12.6. The maximum Gasteiger partial charge on any atom is 0.0642 e. The fourth-order valence-electron chi connectivity index (χ4n) is 6.08. The van der Waals surface area contributed by atoms with Crippen molar-refractivity contribution in [2.45, 2.75) is 58.3 Å². The van der Waals surface area contributed by atoms with E-state index < -0.39 is 0 Å². The van der Waals surface area contributed by atoms with Crippen molar-refractivity contribution in [2.24, 2.45) is 11.3 Å². The first-order chi connectivity index (χ1) is 14.6. The maximum absolute atomic E-state index is 5.60. The van der Waals surface area contributed by atoms with E-state index in [1.165, 1.54) is 82.6 Å². The maximum atomic E-state index is 5.60. The largest absolute Gasteiger partial charge is 0.378 e. The van der Waals surface area contributed by atoms with Crippen molar-refractivity contribution in [1.82, 2.24) is 4.90 Å². The zero-order chi connectivity index (χ0) is 20.6. The summed E-state index contributed by atoms with van der Waals surface area (Å²) >= 11 is 0. The Morgan fingerprint density at radius 2 is 1.60 bits per heavy atom. The summed E-state index contributed by atoms with van der Waals surface area (Å²) in [5, 5.41) is 0. The van der Waals surface area contributed by atoms with Crippen LogP contribution >= 0.6 is 0 Å². The van der Waals surface area contributed by atoms with E-state index in [2.05, 4.69) is 46.7 Å². The van der Waals surface area contributed by atoms with Gasteiger partial charge in [0.2, 0.25) is 0 Å². The molecule has 166 valence electrons. The number of rotatable bonds is 5. The first-order valence-electron chi connectivity index (χ1n) is 12.6. The van der Waals surface area contributed by atoms with Gasteiger partial charge in [0, 0.05) is 57.2 Å². The first kappa shape index (κ1) is 20.6. The molecule has 5 rings (SSSR count). The summed E-state index contributed by atoms with van der Waals surface area (Å²) in [7, 11) is 0. The van der Waals surface area contributed by atoms with Crippen LogP contribution in [-0.4, -0.2) is 63.9 Å². The standard InChI is InChI=1S/C26H41N3O/c1-21(2)20-27-11-13-29(14-12-27)25-4-3-23(28-15-17-30-18-16-28)19-24(25)22-5-7-26(8-6-22)9-10-26/h3-4,19,21-22H,5-18,20H2,1-2H3. The van der Waals surface area contributed by atoms with Crippen LogP contribution in [0.2, 0.25) is 0 Å². The molecule has 4 fully saturated rings. The number of benzene rings is 1. The van der Waals surface area contributed by atoms with Crippen LogP contribution in [0, 0.1) is 11.3 Å². The van der Waals surface area contributed by atoms with E-state index in [1.807, 2.05) is 0 Å². The molecule has 4 nitrogen and oxygen atoms in total. The molecule has 0 bridgehead atoms. The molecule has 2 saturated carbocycles. The van der Waals surface area contributed by atoms with E-state index in [4.69, 9.17) is 4.74 Å². The van der Waals surface area contributed by atoms with Crippen molar-refractivity contribution in [3.63, 3.8) is 0 Å². The lowest BCUT2D eigenvalue weighted by Gasteiger charge is -2.40. The van der Waals surface area contributed by atoms with Crippen molar-refractivity contribution < 1.29 is 4.74 Å². The van der Waals surface area contributed by atoms with Gasteiger partial charge in [0.05, 0.1) is 13.2 Å². The van der Waals surface area contributed by atoms with E-state index in [-0.39, 0.29) is 0 Å². The van der Waals surface area contributed by atoms with Gasteiger partial charge in [-0.05, 0) is 79.5 Å². The zero-order valence-electron chi connectivity index (χ0n) is 19.2. The molecular formula is C26H41N3O. The summed E-state index contributed by atoms with van der Waals surface area (Å²) in [6.45, 7) is 14.5. The van der Waals surface area contributed by atoms with E-state index >= 15 is 0 Å². The van der Waals surface area contributed by atoms with Crippen LogP contribution in [0.5, 0.6) is 0 Å². The molecular weight excluding hydrogens is 370 g/mol. The number of hydrogen-bond donors (Lipinski definition) is 0. The third kappa shape index (κ3) is 4.50. The Bertz CT molecular complexity index is 705. The van der Waals surface area contributed by atoms with Gasteiger partial charge < -0.3 is 14.5 Å². The predicted octanol–water partition coefficient (Wildman–Crippen LogP) is 4.74. The normalized spacial score (nSPS) is 25.3. The van der Waals surface area contributed by atoms with E-state index in [9.17, 15) is 0 Å². The van der Waals surface area contributed by atoms with Gasteiger partial charge >= 0.3 is 0 Å². The minimum Gasteiger partial charge on any atom is -0.378 e. The minimum atomic E-state index is 0.751. The van der Waals surface area contributed by atoms with Crippen LogP contribution in [0.25, 0.3) is 0 Å². The van der Waals surface area contributed by atoms with E-state index in [1.54, 1.807) is 5.56 Å². The van der Waals surface area contributed by atoms with Gasteiger partial charge in [-0.15, -0.1) is 0 Å². The van der Waals surface area contributed by atoms with Gasteiger partial charge in [-0.3, -0.25) is 4.90 Å². The van der Waals surface area contributed by atoms with Crippen molar-refractivity contribution in [3.8, 4) is 0 Å². The molecule has 2 aliphatic heterocycles. The second-order valence-corrected chi connectivity index (χ2v) is 10.8. The Morgan fingerprint density at radius 1 is 0.900 bits per heavy atom. The summed E-state index contributed by atoms with van der Waals surface area (Å²) in [5.74, 6) is 1.51. The Balaban J connectivity index is 1.35. The zero-order valence-corrected chi connectivity index (χ0v) is 19.2. The number of anilines is 2. The smallest absolute Gasteiger partial charge is 0.0642 e. The molecule has 4 aliphatic rings. The van der Waals surface area contributed by atoms with Gasteiger partial charge in [0.1, 0.15) is 0 Å². The Labute approximate surface area is 183 Å². The lowest BCUT2D eigenvalue weighted by Crippen LogP contribution is -2.47. The molecule has 30 heavy (non-hydrogen) atoms. The van der Waals surface area contributed by atoms with E-state index in [0.717, 1.165) is 43.6 Å². The number of ether oxygens (including phenoxy) is 1. The predicted molar refractivity (Wildman–Crippen MR) is 126 cm³/mol. The Hall–Kier alpha value is -1.26. The van der Waals surface area contributed by atoms with Gasteiger partial charge in [-0.1, -0.05) is 13.8 Å². The van der Waals surface area contributed by atoms with Crippen LogP contribution in [0.3, 0.4) is 0 Å². The SMILES string of the molecule is CC(C)CN1CCN(c2ccc(N3CCOCC3)cc2C2CCC3(CC2)CC3)CC1. The summed E-state index contributed by atoms with van der Waals surface area (Å²) < 4.78 is 5.60. The van der Waals surface area contributed by atoms with Crippen molar-refractivity contribution in [1.29, 1.82) is 0 Å². The van der Waals surface area contributed by atoms with Gasteiger partial charge in [-0.2, -0.15) is 0 Å². The number of piperazine rings is 1. The van der Waals surface area contributed by atoms with Gasteiger partial charge in [-0.25, -0.2) is 0 Å². The second kappa shape index (κ2) is 8.70. The summed E-state index contributed by atoms with van der Waals surface area (Å²) in [4.78, 5) is 7.87. The molecule has 4 heteroatoms. The van der Waals surface area contributed by atoms with Crippen LogP contribution in [0.15, 0.2) is 18.2 Å². The molecule has 2 heterocycles. The molecule has 1 spiro atoms. The molecule has 0 radical (unpaired) electrons. The molecule has 0 aromatic heterocycles. The summed E-state index contributed by atoms with van der Waals surface area (Å²) in [5.41, 5.74) is 5.36. The van der Waals surface area contributed by atoms with E-state index in [0.29, 0.717) is 0 Å². The Kier molecular flexibility index (Phi) is 5.99. The molecule has 2 saturated heterocycles. The highest BCUT2D eigenvalue weighted by Gasteiger charge is 2.45. The highest BCUT2D eigenvalue weighted by atomic mass is 16.5. The summed E-state index contributed by atoms with van der Waals surface area (Å²) in [6, 6.07) is 7.41. The fourth-order valence-corrected chi connectivity index (χ4v) is 6.08. The molecule has 2 aliphatic carbocycles. The lowest BCUT2D eigenvalue weighted by atomic mass is 9.76. The van der Waals surface area contributed by atoms with Crippen LogP contribution in [-0.2, 0) is 4.74 Å². The van der Waals surface area contributed by atoms with Crippen molar-refractivity contribution in [2.75, 3.05) is 68.8 Å². The van der Waals surface area contributed by atoms with Gasteiger partial charge in [0.15, 0.2) is 0 Å². The molecule has 0 unspecified atom stereocenters. The molecule has 0 amide bonds. The quantitative estimate of drug-likeness (QED) is 0.697. The molecule has 0 N–H and O–H groups in total. The topological polar surface area (TPSA) is 19.0 Å². The average Bonchev–Trinajstić information content (AvgIpc) is 3.53. The second-order valence-electron chi connectivity index (χ2n) is 10.8. The molecule has 0 atom stereocenters. The lowest BCUT2D eigenvalue weighted by molar-refractivity contribution is 0.122. The number of hydrogen-bond acceptors (Lipinski definition) is 4. The third-order valence-electron chi connectivity index (χ3n) is 8.17.